The molecule has 0 atom stereocenters. The largest absolute Gasteiger partial charge is 0.378 e. The molecule has 0 aromatic rings. The van der Waals surface area contributed by atoms with Gasteiger partial charge in [-0.3, -0.25) is 4.79 Å². The summed E-state index contributed by atoms with van der Waals surface area (Å²) in [5.41, 5.74) is 1.47. The van der Waals surface area contributed by atoms with Crippen LogP contribution in [0.2, 0.25) is 0 Å². The topological polar surface area (TPSA) is 53.3 Å². The standard InChI is InChI=1S/C15H22N2O2/c1-2-12-3-5-13(6-4-12)14(11-16)15(18)17-7-9-19-10-8-17/h12H,2-10H2,1H3. The Hall–Kier alpha value is -1.34. The van der Waals surface area contributed by atoms with Crippen molar-refractivity contribution in [3.8, 4) is 6.07 Å². The highest BCUT2D eigenvalue weighted by atomic mass is 16.5. The van der Waals surface area contributed by atoms with Crippen molar-refractivity contribution in [1.29, 1.82) is 5.26 Å². The number of amides is 1. The van der Waals surface area contributed by atoms with Crippen LogP contribution in [0, 0.1) is 17.2 Å². The molecule has 0 aromatic heterocycles. The molecule has 104 valence electrons. The minimum Gasteiger partial charge on any atom is -0.378 e. The Labute approximate surface area is 115 Å². The fraction of sp³-hybridized carbons (Fsp3) is 0.733. The van der Waals surface area contributed by atoms with Gasteiger partial charge in [0.2, 0.25) is 0 Å². The highest BCUT2D eigenvalue weighted by Gasteiger charge is 2.25. The highest BCUT2D eigenvalue weighted by Crippen LogP contribution is 2.32. The van der Waals surface area contributed by atoms with Gasteiger partial charge in [-0.15, -0.1) is 0 Å². The van der Waals surface area contributed by atoms with Gasteiger partial charge in [0.1, 0.15) is 11.6 Å². The van der Waals surface area contributed by atoms with Crippen LogP contribution >= 0.6 is 0 Å². The Morgan fingerprint density at radius 3 is 2.53 bits per heavy atom. The molecule has 2 aliphatic rings. The number of rotatable bonds is 2. The lowest BCUT2D eigenvalue weighted by molar-refractivity contribution is -0.130. The first-order valence-corrected chi connectivity index (χ1v) is 7.25. The van der Waals surface area contributed by atoms with Gasteiger partial charge < -0.3 is 9.64 Å². The Balaban J connectivity index is 2.06. The molecule has 0 radical (unpaired) electrons. The van der Waals surface area contributed by atoms with E-state index in [1.165, 1.54) is 6.42 Å². The van der Waals surface area contributed by atoms with Crippen LogP contribution in [0.5, 0.6) is 0 Å². The molecule has 0 unspecified atom stereocenters. The summed E-state index contributed by atoms with van der Waals surface area (Å²) < 4.78 is 5.24. The lowest BCUT2D eigenvalue weighted by Crippen LogP contribution is -2.41. The number of nitriles is 1. The molecule has 2 rings (SSSR count). The van der Waals surface area contributed by atoms with Crippen molar-refractivity contribution >= 4 is 5.91 Å². The second-order valence-corrected chi connectivity index (χ2v) is 5.35. The Morgan fingerprint density at radius 2 is 2.00 bits per heavy atom. The zero-order valence-electron chi connectivity index (χ0n) is 11.7. The molecule has 0 aromatic carbocycles. The van der Waals surface area contributed by atoms with Crippen molar-refractivity contribution in [2.75, 3.05) is 26.3 Å². The van der Waals surface area contributed by atoms with Crippen LogP contribution in [0.1, 0.15) is 39.0 Å². The summed E-state index contributed by atoms with van der Waals surface area (Å²) in [6.07, 6.45) is 5.27. The third kappa shape index (κ3) is 3.36. The number of allylic oxidation sites excluding steroid dienone is 1. The Morgan fingerprint density at radius 1 is 1.37 bits per heavy atom. The number of morpholine rings is 1. The zero-order chi connectivity index (χ0) is 13.7. The van der Waals surface area contributed by atoms with Crippen molar-refractivity contribution in [3.05, 3.63) is 11.1 Å². The quantitative estimate of drug-likeness (QED) is 0.566. The van der Waals surface area contributed by atoms with E-state index in [0.717, 1.165) is 37.2 Å². The first-order valence-electron chi connectivity index (χ1n) is 7.25. The van der Waals surface area contributed by atoms with Crippen molar-refractivity contribution < 1.29 is 9.53 Å². The predicted molar refractivity (Wildman–Crippen MR) is 72.3 cm³/mol. The van der Waals surface area contributed by atoms with Crippen LogP contribution in [0.15, 0.2) is 11.1 Å². The van der Waals surface area contributed by atoms with Gasteiger partial charge in [-0.05, 0) is 37.2 Å². The van der Waals surface area contributed by atoms with Gasteiger partial charge in [-0.25, -0.2) is 0 Å². The normalized spacial score (nSPS) is 23.9. The fourth-order valence-corrected chi connectivity index (χ4v) is 2.89. The molecule has 19 heavy (non-hydrogen) atoms. The maximum absolute atomic E-state index is 12.4. The lowest BCUT2D eigenvalue weighted by atomic mass is 9.82. The molecule has 1 amide bonds. The monoisotopic (exact) mass is 262 g/mol. The molecule has 4 nitrogen and oxygen atoms in total. The molecule has 1 saturated heterocycles. The average Bonchev–Trinajstić information content (AvgIpc) is 2.49. The second-order valence-electron chi connectivity index (χ2n) is 5.35. The van der Waals surface area contributed by atoms with Gasteiger partial charge in [0.05, 0.1) is 13.2 Å². The number of carbonyl (C=O) groups is 1. The van der Waals surface area contributed by atoms with E-state index < -0.39 is 0 Å². The van der Waals surface area contributed by atoms with Crippen molar-refractivity contribution in [2.45, 2.75) is 39.0 Å². The maximum Gasteiger partial charge on any atom is 0.264 e. The van der Waals surface area contributed by atoms with E-state index in [1.54, 1.807) is 4.90 Å². The van der Waals surface area contributed by atoms with Crippen molar-refractivity contribution in [3.63, 3.8) is 0 Å². The minimum atomic E-state index is -0.0873. The molecular weight excluding hydrogens is 240 g/mol. The van der Waals surface area contributed by atoms with Crippen LogP contribution in [0.4, 0.5) is 0 Å². The van der Waals surface area contributed by atoms with Crippen LogP contribution in [0.3, 0.4) is 0 Å². The Kier molecular flexibility index (Phi) is 4.98. The van der Waals surface area contributed by atoms with E-state index in [1.807, 2.05) is 0 Å². The summed E-state index contributed by atoms with van der Waals surface area (Å²) in [5, 5.41) is 9.32. The average molecular weight is 262 g/mol. The number of ether oxygens (including phenoxy) is 1. The van der Waals surface area contributed by atoms with Gasteiger partial charge in [-0.2, -0.15) is 5.26 Å². The third-order valence-corrected chi connectivity index (χ3v) is 4.26. The summed E-state index contributed by atoms with van der Waals surface area (Å²) in [6.45, 7) is 4.59. The van der Waals surface area contributed by atoms with E-state index >= 15 is 0 Å². The molecule has 1 saturated carbocycles. The highest BCUT2D eigenvalue weighted by molar-refractivity contribution is 5.98. The zero-order valence-corrected chi connectivity index (χ0v) is 11.7. The molecule has 4 heteroatoms. The summed E-state index contributed by atoms with van der Waals surface area (Å²) >= 11 is 0. The van der Waals surface area contributed by atoms with Crippen molar-refractivity contribution in [1.82, 2.24) is 4.90 Å². The van der Waals surface area contributed by atoms with E-state index in [9.17, 15) is 10.1 Å². The molecule has 0 spiro atoms. The number of carbonyl (C=O) groups excluding carboxylic acids is 1. The van der Waals surface area contributed by atoms with Crippen LogP contribution in [0.25, 0.3) is 0 Å². The van der Waals surface area contributed by atoms with E-state index in [-0.39, 0.29) is 5.91 Å². The summed E-state index contributed by atoms with van der Waals surface area (Å²) in [4.78, 5) is 14.1. The SMILES string of the molecule is CCC1CCC(=C(C#N)C(=O)N2CCOCC2)CC1. The smallest absolute Gasteiger partial charge is 0.264 e. The first kappa shape index (κ1) is 14.1. The van der Waals surface area contributed by atoms with Crippen LogP contribution in [-0.4, -0.2) is 37.1 Å². The van der Waals surface area contributed by atoms with Crippen LogP contribution < -0.4 is 0 Å². The van der Waals surface area contributed by atoms with Gasteiger partial charge in [0.25, 0.3) is 5.91 Å². The van der Waals surface area contributed by atoms with Crippen LogP contribution in [-0.2, 0) is 9.53 Å². The second kappa shape index (κ2) is 6.72. The molecule has 0 bridgehead atoms. The summed E-state index contributed by atoms with van der Waals surface area (Å²) in [5.74, 6) is 0.679. The lowest BCUT2D eigenvalue weighted by Gasteiger charge is -2.28. The maximum atomic E-state index is 12.4. The van der Waals surface area contributed by atoms with E-state index in [2.05, 4.69) is 13.0 Å². The molecule has 1 aliphatic carbocycles. The van der Waals surface area contributed by atoms with Crippen molar-refractivity contribution in [2.24, 2.45) is 5.92 Å². The molecule has 0 N–H and O–H groups in total. The number of hydrogen-bond acceptors (Lipinski definition) is 3. The van der Waals surface area contributed by atoms with Gasteiger partial charge in [0.15, 0.2) is 0 Å². The number of nitrogens with zero attached hydrogens (tertiary/aromatic N) is 2. The minimum absolute atomic E-state index is 0.0873. The Bertz CT molecular complexity index is 393. The first-order chi connectivity index (χ1) is 9.26. The predicted octanol–water partition coefficient (Wildman–Crippen LogP) is 2.27. The van der Waals surface area contributed by atoms with E-state index in [4.69, 9.17) is 4.74 Å². The van der Waals surface area contributed by atoms with Gasteiger partial charge in [-0.1, -0.05) is 13.3 Å². The number of hydrogen-bond donors (Lipinski definition) is 0. The molecule has 1 heterocycles. The van der Waals surface area contributed by atoms with E-state index in [0.29, 0.717) is 31.9 Å². The third-order valence-electron chi connectivity index (χ3n) is 4.26. The summed E-state index contributed by atoms with van der Waals surface area (Å²) in [7, 11) is 0. The van der Waals surface area contributed by atoms with Gasteiger partial charge in [0, 0.05) is 13.1 Å². The molecular formula is C15H22N2O2. The fourth-order valence-electron chi connectivity index (χ4n) is 2.89. The molecule has 1 aliphatic heterocycles. The van der Waals surface area contributed by atoms with Gasteiger partial charge >= 0.3 is 0 Å². The molecule has 2 fully saturated rings. The summed E-state index contributed by atoms with van der Waals surface area (Å²) in [6, 6.07) is 2.15.